The Bertz CT molecular complexity index is 191. The van der Waals surface area contributed by atoms with E-state index in [1.54, 1.807) is 0 Å². The van der Waals surface area contributed by atoms with Crippen molar-refractivity contribution in [3.63, 3.8) is 0 Å². The van der Waals surface area contributed by atoms with Gasteiger partial charge in [-0.1, -0.05) is 26.7 Å². The molecule has 0 aromatic rings. The Morgan fingerprint density at radius 1 is 1.13 bits per heavy atom. The summed E-state index contributed by atoms with van der Waals surface area (Å²) < 4.78 is 5.42. The topological polar surface area (TPSA) is 12.5 Å². The lowest BCUT2D eigenvalue weighted by Crippen LogP contribution is -2.44. The van der Waals surface area contributed by atoms with Crippen molar-refractivity contribution in [3.8, 4) is 0 Å². The molecule has 0 unspecified atom stereocenters. The lowest BCUT2D eigenvalue weighted by atomic mass is 9.75. The summed E-state index contributed by atoms with van der Waals surface area (Å²) in [7, 11) is 0. The SMILES string of the molecule is CC(C)C1(CN2CCOCC2)CCCC1. The fourth-order valence-electron chi connectivity index (χ4n) is 3.20. The molecule has 2 rings (SSSR count). The van der Waals surface area contributed by atoms with Gasteiger partial charge in [0.25, 0.3) is 0 Å². The van der Waals surface area contributed by atoms with E-state index in [1.165, 1.54) is 32.2 Å². The molecule has 0 aromatic heterocycles. The van der Waals surface area contributed by atoms with E-state index in [9.17, 15) is 0 Å². The second-order valence-corrected chi connectivity index (χ2v) is 5.61. The zero-order chi connectivity index (χ0) is 10.7. The van der Waals surface area contributed by atoms with E-state index >= 15 is 0 Å². The van der Waals surface area contributed by atoms with E-state index in [1.807, 2.05) is 0 Å². The summed E-state index contributed by atoms with van der Waals surface area (Å²) in [6, 6.07) is 0. The van der Waals surface area contributed by atoms with Crippen LogP contribution in [0.15, 0.2) is 0 Å². The van der Waals surface area contributed by atoms with Crippen LogP contribution in [0.25, 0.3) is 0 Å². The van der Waals surface area contributed by atoms with Gasteiger partial charge in [0.2, 0.25) is 0 Å². The minimum Gasteiger partial charge on any atom is -0.379 e. The molecule has 2 nitrogen and oxygen atoms in total. The normalized spacial score (nSPS) is 27.4. The first-order valence-electron chi connectivity index (χ1n) is 6.53. The third-order valence-electron chi connectivity index (χ3n) is 4.47. The fraction of sp³-hybridized carbons (Fsp3) is 1.00. The van der Waals surface area contributed by atoms with Crippen LogP contribution >= 0.6 is 0 Å². The Hall–Kier alpha value is -0.0800. The van der Waals surface area contributed by atoms with Gasteiger partial charge in [-0.3, -0.25) is 4.90 Å². The van der Waals surface area contributed by atoms with Crippen molar-refractivity contribution >= 4 is 0 Å². The average molecular weight is 211 g/mol. The van der Waals surface area contributed by atoms with Crippen LogP contribution in [-0.2, 0) is 4.74 Å². The Labute approximate surface area is 94.0 Å². The van der Waals surface area contributed by atoms with Crippen LogP contribution in [0, 0.1) is 11.3 Å². The summed E-state index contributed by atoms with van der Waals surface area (Å²) >= 11 is 0. The van der Waals surface area contributed by atoms with Crippen LogP contribution in [0.1, 0.15) is 39.5 Å². The average Bonchev–Trinajstić information content (AvgIpc) is 2.69. The molecule has 0 spiro atoms. The monoisotopic (exact) mass is 211 g/mol. The van der Waals surface area contributed by atoms with E-state index in [0.717, 1.165) is 32.2 Å². The standard InChI is InChI=1S/C13H25NO/c1-12(2)13(5-3-4-6-13)11-14-7-9-15-10-8-14/h12H,3-11H2,1-2H3. The molecule has 1 saturated carbocycles. The molecule has 0 atom stereocenters. The zero-order valence-corrected chi connectivity index (χ0v) is 10.3. The lowest BCUT2D eigenvalue weighted by Gasteiger charge is -2.40. The van der Waals surface area contributed by atoms with E-state index in [-0.39, 0.29) is 0 Å². The molecule has 0 amide bonds. The highest BCUT2D eigenvalue weighted by molar-refractivity contribution is 4.90. The number of nitrogens with zero attached hydrogens (tertiary/aromatic N) is 1. The highest BCUT2D eigenvalue weighted by atomic mass is 16.5. The first-order valence-corrected chi connectivity index (χ1v) is 6.53. The molecular weight excluding hydrogens is 186 g/mol. The summed E-state index contributed by atoms with van der Waals surface area (Å²) in [5, 5.41) is 0. The van der Waals surface area contributed by atoms with Crippen molar-refractivity contribution in [2.45, 2.75) is 39.5 Å². The molecule has 0 radical (unpaired) electrons. The van der Waals surface area contributed by atoms with E-state index in [4.69, 9.17) is 4.74 Å². The summed E-state index contributed by atoms with van der Waals surface area (Å²) in [6.45, 7) is 10.3. The highest BCUT2D eigenvalue weighted by Gasteiger charge is 2.38. The molecular formula is C13H25NO. The Balaban J connectivity index is 1.93. The van der Waals surface area contributed by atoms with Crippen molar-refractivity contribution < 1.29 is 4.74 Å². The molecule has 15 heavy (non-hydrogen) atoms. The second kappa shape index (κ2) is 4.84. The molecule has 1 aliphatic heterocycles. The minimum atomic E-state index is 0.622. The van der Waals surface area contributed by atoms with E-state index in [0.29, 0.717) is 5.41 Å². The van der Waals surface area contributed by atoms with Gasteiger partial charge in [0, 0.05) is 19.6 Å². The van der Waals surface area contributed by atoms with Crippen molar-refractivity contribution in [2.24, 2.45) is 11.3 Å². The molecule has 0 N–H and O–H groups in total. The number of hydrogen-bond donors (Lipinski definition) is 0. The summed E-state index contributed by atoms with van der Waals surface area (Å²) in [6.07, 6.45) is 5.79. The maximum atomic E-state index is 5.42. The van der Waals surface area contributed by atoms with Crippen LogP contribution in [0.3, 0.4) is 0 Å². The largest absolute Gasteiger partial charge is 0.379 e. The molecule has 2 heteroatoms. The highest BCUT2D eigenvalue weighted by Crippen LogP contribution is 2.44. The summed E-state index contributed by atoms with van der Waals surface area (Å²) in [5.41, 5.74) is 0.622. The maximum Gasteiger partial charge on any atom is 0.0594 e. The predicted molar refractivity (Wildman–Crippen MR) is 63.0 cm³/mol. The fourth-order valence-corrected chi connectivity index (χ4v) is 3.20. The first kappa shape index (κ1) is 11.4. The molecule has 1 aliphatic carbocycles. The van der Waals surface area contributed by atoms with Gasteiger partial charge in [0.1, 0.15) is 0 Å². The van der Waals surface area contributed by atoms with Gasteiger partial charge >= 0.3 is 0 Å². The van der Waals surface area contributed by atoms with Gasteiger partial charge in [-0.05, 0) is 24.2 Å². The van der Waals surface area contributed by atoms with E-state index < -0.39 is 0 Å². The molecule has 2 aliphatic rings. The second-order valence-electron chi connectivity index (χ2n) is 5.61. The number of ether oxygens (including phenoxy) is 1. The van der Waals surface area contributed by atoms with Crippen LogP contribution in [0.2, 0.25) is 0 Å². The molecule has 2 fully saturated rings. The third kappa shape index (κ3) is 2.54. The van der Waals surface area contributed by atoms with Crippen molar-refractivity contribution in [1.29, 1.82) is 0 Å². The van der Waals surface area contributed by atoms with Crippen molar-refractivity contribution in [1.82, 2.24) is 4.90 Å². The number of hydrogen-bond acceptors (Lipinski definition) is 2. The quantitative estimate of drug-likeness (QED) is 0.711. The van der Waals surface area contributed by atoms with Gasteiger partial charge in [0.15, 0.2) is 0 Å². The van der Waals surface area contributed by atoms with Crippen LogP contribution in [0.4, 0.5) is 0 Å². The molecule has 1 heterocycles. The maximum absolute atomic E-state index is 5.42. The first-order chi connectivity index (χ1) is 7.23. The molecule has 0 bridgehead atoms. The van der Waals surface area contributed by atoms with Gasteiger partial charge in [-0.15, -0.1) is 0 Å². The zero-order valence-electron chi connectivity index (χ0n) is 10.3. The summed E-state index contributed by atoms with van der Waals surface area (Å²) in [5.74, 6) is 0.836. The van der Waals surface area contributed by atoms with Gasteiger partial charge in [0.05, 0.1) is 13.2 Å². The van der Waals surface area contributed by atoms with Gasteiger partial charge in [-0.25, -0.2) is 0 Å². The molecule has 0 aromatic carbocycles. The predicted octanol–water partition coefficient (Wildman–Crippen LogP) is 2.54. The molecule has 1 saturated heterocycles. The Morgan fingerprint density at radius 3 is 2.27 bits per heavy atom. The summed E-state index contributed by atoms with van der Waals surface area (Å²) in [4.78, 5) is 2.62. The minimum absolute atomic E-state index is 0.622. The van der Waals surface area contributed by atoms with Crippen LogP contribution < -0.4 is 0 Å². The van der Waals surface area contributed by atoms with Gasteiger partial charge in [-0.2, -0.15) is 0 Å². The smallest absolute Gasteiger partial charge is 0.0594 e. The Morgan fingerprint density at radius 2 is 1.73 bits per heavy atom. The van der Waals surface area contributed by atoms with Crippen LogP contribution in [0.5, 0.6) is 0 Å². The van der Waals surface area contributed by atoms with Gasteiger partial charge < -0.3 is 4.74 Å². The number of rotatable bonds is 3. The van der Waals surface area contributed by atoms with E-state index in [2.05, 4.69) is 18.7 Å². The van der Waals surface area contributed by atoms with Crippen molar-refractivity contribution in [2.75, 3.05) is 32.8 Å². The number of morpholine rings is 1. The van der Waals surface area contributed by atoms with Crippen LogP contribution in [-0.4, -0.2) is 37.7 Å². The Kier molecular flexibility index (Phi) is 3.68. The van der Waals surface area contributed by atoms with Crippen molar-refractivity contribution in [3.05, 3.63) is 0 Å². The third-order valence-corrected chi connectivity index (χ3v) is 4.47. The molecule has 88 valence electrons. The lowest BCUT2D eigenvalue weighted by molar-refractivity contribution is 0.00646.